The zero-order chi connectivity index (χ0) is 14.0. The first-order valence-corrected chi connectivity index (χ1v) is 6.34. The van der Waals surface area contributed by atoms with E-state index < -0.39 is 5.95 Å². The Balaban J connectivity index is 2.72. The smallest absolute Gasteiger partial charge is 0.213 e. The Morgan fingerprint density at radius 1 is 1.11 bits per heavy atom. The van der Waals surface area contributed by atoms with E-state index in [-0.39, 0.29) is 17.1 Å². The van der Waals surface area contributed by atoms with Gasteiger partial charge >= 0.3 is 0 Å². The molecule has 0 saturated heterocycles. The highest BCUT2D eigenvalue weighted by Crippen LogP contribution is 2.40. The highest BCUT2D eigenvalue weighted by atomic mass is 35.5. The van der Waals surface area contributed by atoms with Crippen LogP contribution >= 0.6 is 34.8 Å². The molecule has 0 aliphatic rings. The number of hydrogen-bond donors (Lipinski definition) is 0. The second-order valence-electron chi connectivity index (χ2n) is 3.68. The van der Waals surface area contributed by atoms with Crippen molar-refractivity contribution in [3.63, 3.8) is 0 Å². The average molecular weight is 316 g/mol. The monoisotopic (exact) mass is 314 g/mol. The third-order valence-corrected chi connectivity index (χ3v) is 3.62. The average Bonchev–Trinajstić information content (AvgIpc) is 2.37. The van der Waals surface area contributed by atoms with Crippen LogP contribution in [0.3, 0.4) is 0 Å². The molecule has 0 bridgehead atoms. The maximum Gasteiger partial charge on any atom is 0.213 e. The molecule has 0 atom stereocenters. The number of aromatic nitrogens is 1. The molecule has 0 amide bonds. The molecule has 0 saturated carbocycles. The predicted octanol–water partition coefficient (Wildman–Crippen LogP) is 4.91. The fourth-order valence-corrected chi connectivity index (χ4v) is 2.42. The van der Waals surface area contributed by atoms with E-state index in [1.165, 1.54) is 12.1 Å². The normalized spacial score (nSPS) is 10.3. The lowest BCUT2D eigenvalue weighted by Gasteiger charge is -2.11. The Kier molecular flexibility index (Phi) is 4.26. The molecule has 0 aliphatic carbocycles. The minimum Gasteiger partial charge on any atom is -0.223 e. The van der Waals surface area contributed by atoms with Crippen molar-refractivity contribution >= 4 is 34.8 Å². The van der Waals surface area contributed by atoms with Crippen LogP contribution in [0.5, 0.6) is 0 Å². The van der Waals surface area contributed by atoms with Crippen LogP contribution in [0.25, 0.3) is 11.1 Å². The number of halogens is 4. The van der Waals surface area contributed by atoms with Gasteiger partial charge in [-0.2, -0.15) is 9.65 Å². The van der Waals surface area contributed by atoms with E-state index in [1.807, 2.05) is 6.07 Å². The Hall–Kier alpha value is -1.34. The number of hydrogen-bond acceptors (Lipinski definition) is 2. The largest absolute Gasteiger partial charge is 0.223 e. The number of pyridine rings is 1. The molecule has 0 fully saturated rings. The summed E-state index contributed by atoms with van der Waals surface area (Å²) in [6.07, 6.45) is -0.0493. The van der Waals surface area contributed by atoms with Gasteiger partial charge in [0.15, 0.2) is 0 Å². The maximum absolute atomic E-state index is 13.2. The summed E-state index contributed by atoms with van der Waals surface area (Å²) in [6, 6.07) is 7.75. The van der Waals surface area contributed by atoms with Crippen molar-refractivity contribution in [2.45, 2.75) is 6.42 Å². The van der Waals surface area contributed by atoms with E-state index in [0.29, 0.717) is 21.2 Å². The summed E-state index contributed by atoms with van der Waals surface area (Å²) in [4.78, 5) is 3.70. The van der Waals surface area contributed by atoms with Gasteiger partial charge in [-0.05, 0) is 24.3 Å². The molecule has 19 heavy (non-hydrogen) atoms. The summed E-state index contributed by atoms with van der Waals surface area (Å²) in [7, 11) is 0. The van der Waals surface area contributed by atoms with Crippen molar-refractivity contribution in [2.24, 2.45) is 0 Å². The van der Waals surface area contributed by atoms with Crippen LogP contribution in [0, 0.1) is 17.3 Å². The van der Waals surface area contributed by atoms with E-state index >= 15 is 0 Å². The first-order valence-electron chi connectivity index (χ1n) is 5.21. The summed E-state index contributed by atoms with van der Waals surface area (Å²) in [5, 5.41) is 9.71. The third kappa shape index (κ3) is 2.82. The highest BCUT2D eigenvalue weighted by Gasteiger charge is 2.16. The van der Waals surface area contributed by atoms with Crippen LogP contribution in [0.2, 0.25) is 15.1 Å². The van der Waals surface area contributed by atoms with Gasteiger partial charge in [0.2, 0.25) is 5.95 Å². The number of rotatable bonds is 2. The molecular formula is C13H6Cl3FN2. The molecule has 96 valence electrons. The van der Waals surface area contributed by atoms with Crippen LogP contribution in [0.15, 0.2) is 24.3 Å². The van der Waals surface area contributed by atoms with Gasteiger partial charge in [-0.25, -0.2) is 4.98 Å². The second-order valence-corrected chi connectivity index (χ2v) is 4.87. The molecule has 0 N–H and O–H groups in total. The zero-order valence-corrected chi connectivity index (χ0v) is 11.7. The molecule has 1 aromatic carbocycles. The minimum absolute atomic E-state index is 0.0493. The van der Waals surface area contributed by atoms with Gasteiger partial charge in [0.05, 0.1) is 33.3 Å². The molecule has 1 heterocycles. The van der Waals surface area contributed by atoms with Gasteiger partial charge in [-0.3, -0.25) is 0 Å². The second kappa shape index (κ2) is 5.75. The first kappa shape index (κ1) is 14.1. The lowest BCUT2D eigenvalue weighted by atomic mass is 10.0. The summed E-state index contributed by atoms with van der Waals surface area (Å²) in [5.74, 6) is -0.664. The fraction of sp³-hybridized carbons (Fsp3) is 0.0769. The van der Waals surface area contributed by atoms with Crippen LogP contribution in [-0.2, 0) is 6.42 Å². The zero-order valence-electron chi connectivity index (χ0n) is 9.42. The van der Waals surface area contributed by atoms with Gasteiger partial charge in [-0.15, -0.1) is 0 Å². The van der Waals surface area contributed by atoms with Gasteiger partial charge in [0, 0.05) is 11.1 Å². The third-order valence-electron chi connectivity index (χ3n) is 2.50. The molecule has 2 rings (SSSR count). The Bertz CT molecular complexity index is 680. The molecule has 1 aromatic heterocycles. The predicted molar refractivity (Wildman–Crippen MR) is 74.0 cm³/mol. The molecule has 0 unspecified atom stereocenters. The van der Waals surface area contributed by atoms with Crippen LogP contribution in [0.1, 0.15) is 5.69 Å². The Morgan fingerprint density at radius 3 is 2.47 bits per heavy atom. The van der Waals surface area contributed by atoms with E-state index in [9.17, 15) is 4.39 Å². The van der Waals surface area contributed by atoms with E-state index in [2.05, 4.69) is 4.98 Å². The summed E-state index contributed by atoms with van der Waals surface area (Å²) >= 11 is 18.2. The van der Waals surface area contributed by atoms with Crippen molar-refractivity contribution in [3.8, 4) is 17.2 Å². The molecule has 0 aliphatic heterocycles. The Labute approximate surface area is 124 Å². The van der Waals surface area contributed by atoms with Crippen LogP contribution < -0.4 is 0 Å². The van der Waals surface area contributed by atoms with Crippen molar-refractivity contribution in [2.75, 3.05) is 0 Å². The molecule has 6 heteroatoms. The highest BCUT2D eigenvalue weighted by molar-refractivity contribution is 6.46. The molecule has 0 radical (unpaired) electrons. The molecule has 2 nitrogen and oxygen atoms in total. The van der Waals surface area contributed by atoms with Gasteiger partial charge < -0.3 is 0 Å². The van der Waals surface area contributed by atoms with Crippen LogP contribution in [0.4, 0.5) is 4.39 Å². The van der Waals surface area contributed by atoms with Gasteiger partial charge in [0.1, 0.15) is 0 Å². The van der Waals surface area contributed by atoms with Crippen molar-refractivity contribution in [3.05, 3.63) is 51.0 Å². The number of benzene rings is 1. The molecule has 0 spiro atoms. The van der Waals surface area contributed by atoms with Crippen molar-refractivity contribution < 1.29 is 4.39 Å². The van der Waals surface area contributed by atoms with E-state index in [1.54, 1.807) is 12.1 Å². The van der Waals surface area contributed by atoms with E-state index in [4.69, 9.17) is 40.1 Å². The van der Waals surface area contributed by atoms with Crippen LogP contribution in [-0.4, -0.2) is 4.98 Å². The summed E-state index contributed by atoms with van der Waals surface area (Å²) < 4.78 is 13.2. The topological polar surface area (TPSA) is 36.7 Å². The van der Waals surface area contributed by atoms with Crippen molar-refractivity contribution in [1.82, 2.24) is 4.98 Å². The summed E-state index contributed by atoms with van der Waals surface area (Å²) in [6.45, 7) is 0. The van der Waals surface area contributed by atoms with Crippen molar-refractivity contribution in [1.29, 1.82) is 5.26 Å². The number of nitrogens with zero attached hydrogens (tertiary/aromatic N) is 2. The van der Waals surface area contributed by atoms with Gasteiger partial charge in [-0.1, -0.05) is 34.8 Å². The maximum atomic E-state index is 13.2. The standard InChI is InChI=1S/C13H6Cl3FN2/c14-8-2-3-9(15)13(16)12(8)7-1-4-11(17)19-10(7)5-6-18/h1-4H,5H2. The minimum atomic E-state index is -0.664. The van der Waals surface area contributed by atoms with E-state index in [0.717, 1.165) is 0 Å². The Morgan fingerprint density at radius 2 is 1.79 bits per heavy atom. The lowest BCUT2D eigenvalue weighted by Crippen LogP contribution is -1.97. The SMILES string of the molecule is N#CCc1nc(F)ccc1-c1c(Cl)ccc(Cl)c1Cl. The van der Waals surface area contributed by atoms with Gasteiger partial charge in [0.25, 0.3) is 0 Å². The fourth-order valence-electron chi connectivity index (χ4n) is 1.69. The molecular weight excluding hydrogens is 310 g/mol. The lowest BCUT2D eigenvalue weighted by molar-refractivity contribution is 0.579. The first-order chi connectivity index (χ1) is 9.04. The number of nitriles is 1. The quantitative estimate of drug-likeness (QED) is 0.583. The molecule has 2 aromatic rings. The summed E-state index contributed by atoms with van der Waals surface area (Å²) in [5.41, 5.74) is 1.22.